The van der Waals surface area contributed by atoms with Crippen LogP contribution in [0.25, 0.3) is 0 Å². The van der Waals surface area contributed by atoms with Gasteiger partial charge in [0.2, 0.25) is 0 Å². The van der Waals surface area contributed by atoms with Crippen LogP contribution < -0.4 is 10.6 Å². The van der Waals surface area contributed by atoms with Gasteiger partial charge in [0.15, 0.2) is 0 Å². The Labute approximate surface area is 81.9 Å². The molecule has 0 aliphatic rings. The van der Waals surface area contributed by atoms with Crippen molar-refractivity contribution in [3.05, 3.63) is 0 Å². The first-order valence-electron chi connectivity index (χ1n) is 5.29. The van der Waals surface area contributed by atoms with Crippen LogP contribution in [0.2, 0.25) is 0 Å². The first kappa shape index (κ1) is 12.9. The van der Waals surface area contributed by atoms with Gasteiger partial charge in [-0.05, 0) is 20.3 Å². The van der Waals surface area contributed by atoms with Gasteiger partial charge in [-0.15, -0.1) is 0 Å². The highest BCUT2D eigenvalue weighted by molar-refractivity contribution is 4.61. The first-order chi connectivity index (χ1) is 6.16. The monoisotopic (exact) mass is 188 g/mol. The van der Waals surface area contributed by atoms with Crippen molar-refractivity contribution in [2.24, 2.45) is 0 Å². The molecule has 0 amide bonds. The van der Waals surface area contributed by atoms with Crippen molar-refractivity contribution in [1.29, 1.82) is 0 Å². The molecule has 0 radical (unpaired) electrons. The molecule has 0 aliphatic heterocycles. The van der Waals surface area contributed by atoms with Gasteiger partial charge in [0, 0.05) is 25.7 Å². The predicted molar refractivity (Wildman–Crippen MR) is 56.9 cm³/mol. The molecule has 13 heavy (non-hydrogen) atoms. The van der Waals surface area contributed by atoms with Crippen molar-refractivity contribution in [2.75, 3.05) is 19.6 Å². The van der Waals surface area contributed by atoms with Crippen LogP contribution in [0.4, 0.5) is 0 Å². The quantitative estimate of drug-likeness (QED) is 0.492. The van der Waals surface area contributed by atoms with Gasteiger partial charge in [-0.25, -0.2) is 0 Å². The lowest BCUT2D eigenvalue weighted by molar-refractivity contribution is 0.191. The Bertz CT molecular complexity index is 107. The van der Waals surface area contributed by atoms with E-state index in [0.717, 1.165) is 13.1 Å². The summed E-state index contributed by atoms with van der Waals surface area (Å²) in [6.07, 6.45) is 2.22. The number of aliphatic hydroxyl groups is 1. The van der Waals surface area contributed by atoms with E-state index < -0.39 is 0 Å². The van der Waals surface area contributed by atoms with Crippen LogP contribution in [0.1, 0.15) is 33.6 Å². The Morgan fingerprint density at radius 1 is 1.23 bits per heavy atom. The third-order valence-corrected chi connectivity index (χ3v) is 1.96. The average molecular weight is 188 g/mol. The molecule has 0 bridgehead atoms. The Morgan fingerprint density at radius 2 is 1.92 bits per heavy atom. The fraction of sp³-hybridized carbons (Fsp3) is 1.00. The molecule has 0 saturated carbocycles. The standard InChI is InChI=1S/C10H24N2O/c1-4-5-9(2)12-7-6-11-8-10(3)13/h9-13H,4-8H2,1-3H3. The van der Waals surface area contributed by atoms with Gasteiger partial charge >= 0.3 is 0 Å². The van der Waals surface area contributed by atoms with Crippen LogP contribution >= 0.6 is 0 Å². The van der Waals surface area contributed by atoms with E-state index in [1.54, 1.807) is 6.92 Å². The van der Waals surface area contributed by atoms with Crippen LogP contribution in [0.5, 0.6) is 0 Å². The average Bonchev–Trinajstić information content (AvgIpc) is 2.03. The van der Waals surface area contributed by atoms with Crippen molar-refractivity contribution in [3.63, 3.8) is 0 Å². The molecule has 3 heteroatoms. The normalized spacial score (nSPS) is 15.7. The van der Waals surface area contributed by atoms with Crippen LogP contribution in [0.3, 0.4) is 0 Å². The minimum absolute atomic E-state index is 0.243. The maximum absolute atomic E-state index is 8.96. The summed E-state index contributed by atoms with van der Waals surface area (Å²) in [5.74, 6) is 0. The summed E-state index contributed by atoms with van der Waals surface area (Å²) in [6.45, 7) is 8.79. The van der Waals surface area contributed by atoms with Gasteiger partial charge in [0.25, 0.3) is 0 Å². The maximum atomic E-state index is 8.96. The van der Waals surface area contributed by atoms with E-state index in [1.165, 1.54) is 12.8 Å². The Hall–Kier alpha value is -0.120. The van der Waals surface area contributed by atoms with Crippen molar-refractivity contribution in [1.82, 2.24) is 10.6 Å². The highest BCUT2D eigenvalue weighted by atomic mass is 16.3. The highest BCUT2D eigenvalue weighted by Gasteiger charge is 1.98. The summed E-state index contributed by atoms with van der Waals surface area (Å²) in [5, 5.41) is 15.5. The van der Waals surface area contributed by atoms with E-state index in [2.05, 4.69) is 24.5 Å². The topological polar surface area (TPSA) is 44.3 Å². The number of nitrogens with one attached hydrogen (secondary N) is 2. The number of rotatable bonds is 8. The SMILES string of the molecule is CCCC(C)NCCNCC(C)O. The smallest absolute Gasteiger partial charge is 0.0636 e. The van der Waals surface area contributed by atoms with Gasteiger partial charge in [0.05, 0.1) is 6.10 Å². The van der Waals surface area contributed by atoms with Gasteiger partial charge < -0.3 is 15.7 Å². The lowest BCUT2D eigenvalue weighted by Gasteiger charge is -2.13. The predicted octanol–water partition coefficient (Wildman–Crippen LogP) is 0.735. The van der Waals surface area contributed by atoms with Crippen molar-refractivity contribution in [3.8, 4) is 0 Å². The van der Waals surface area contributed by atoms with Crippen LogP contribution in [0, 0.1) is 0 Å². The van der Waals surface area contributed by atoms with Gasteiger partial charge in [-0.1, -0.05) is 13.3 Å². The number of hydrogen-bond donors (Lipinski definition) is 3. The van der Waals surface area contributed by atoms with Gasteiger partial charge in [0.1, 0.15) is 0 Å². The summed E-state index contributed by atoms with van der Waals surface area (Å²) in [5.41, 5.74) is 0. The van der Waals surface area contributed by atoms with E-state index in [-0.39, 0.29) is 6.10 Å². The molecule has 0 aromatic heterocycles. The minimum atomic E-state index is -0.243. The zero-order valence-electron chi connectivity index (χ0n) is 9.14. The van der Waals surface area contributed by atoms with E-state index >= 15 is 0 Å². The lowest BCUT2D eigenvalue weighted by Crippen LogP contribution is -2.35. The van der Waals surface area contributed by atoms with Crippen LogP contribution in [0.15, 0.2) is 0 Å². The molecule has 0 heterocycles. The fourth-order valence-electron chi connectivity index (χ4n) is 1.25. The minimum Gasteiger partial charge on any atom is -0.392 e. The Morgan fingerprint density at radius 3 is 2.46 bits per heavy atom. The van der Waals surface area contributed by atoms with E-state index in [1.807, 2.05) is 0 Å². The molecule has 0 rings (SSSR count). The molecule has 0 saturated heterocycles. The van der Waals surface area contributed by atoms with E-state index in [0.29, 0.717) is 12.6 Å². The van der Waals surface area contributed by atoms with Crippen LogP contribution in [-0.2, 0) is 0 Å². The largest absolute Gasteiger partial charge is 0.392 e. The molecule has 3 nitrogen and oxygen atoms in total. The lowest BCUT2D eigenvalue weighted by atomic mass is 10.2. The van der Waals surface area contributed by atoms with E-state index in [4.69, 9.17) is 5.11 Å². The molecular formula is C10H24N2O. The summed E-state index contributed by atoms with van der Waals surface area (Å²) in [6, 6.07) is 0.610. The molecule has 3 N–H and O–H groups in total. The first-order valence-corrected chi connectivity index (χ1v) is 5.29. The molecule has 80 valence electrons. The van der Waals surface area contributed by atoms with Crippen LogP contribution in [-0.4, -0.2) is 36.9 Å². The van der Waals surface area contributed by atoms with E-state index in [9.17, 15) is 0 Å². The van der Waals surface area contributed by atoms with Gasteiger partial charge in [-0.2, -0.15) is 0 Å². The summed E-state index contributed by atoms with van der Waals surface area (Å²) in [4.78, 5) is 0. The molecular weight excluding hydrogens is 164 g/mol. The summed E-state index contributed by atoms with van der Waals surface area (Å²) >= 11 is 0. The summed E-state index contributed by atoms with van der Waals surface area (Å²) < 4.78 is 0. The Kier molecular flexibility index (Phi) is 8.40. The zero-order valence-corrected chi connectivity index (χ0v) is 9.14. The highest BCUT2D eigenvalue weighted by Crippen LogP contribution is 1.92. The second-order valence-corrected chi connectivity index (χ2v) is 3.70. The third-order valence-electron chi connectivity index (χ3n) is 1.96. The van der Waals surface area contributed by atoms with Gasteiger partial charge in [-0.3, -0.25) is 0 Å². The second kappa shape index (κ2) is 8.48. The Balaban J connectivity index is 3.06. The summed E-state index contributed by atoms with van der Waals surface area (Å²) in [7, 11) is 0. The zero-order chi connectivity index (χ0) is 10.1. The second-order valence-electron chi connectivity index (χ2n) is 3.70. The van der Waals surface area contributed by atoms with Crippen molar-refractivity contribution >= 4 is 0 Å². The number of hydrogen-bond acceptors (Lipinski definition) is 3. The number of aliphatic hydroxyl groups excluding tert-OH is 1. The molecule has 0 spiro atoms. The molecule has 0 aromatic rings. The third kappa shape index (κ3) is 9.80. The van der Waals surface area contributed by atoms with Crippen molar-refractivity contribution in [2.45, 2.75) is 45.8 Å². The molecule has 0 aromatic carbocycles. The molecule has 0 aliphatic carbocycles. The maximum Gasteiger partial charge on any atom is 0.0636 e. The molecule has 2 unspecified atom stereocenters. The molecule has 2 atom stereocenters. The fourth-order valence-corrected chi connectivity index (χ4v) is 1.25. The van der Waals surface area contributed by atoms with Crippen molar-refractivity contribution < 1.29 is 5.11 Å². The molecule has 0 fully saturated rings.